The Balaban J connectivity index is 2.57. The molecule has 0 aliphatic rings. The average molecular weight is 367 g/mol. The van der Waals surface area contributed by atoms with Gasteiger partial charge in [-0.2, -0.15) is 13.2 Å². The standard InChI is InChI=1S/C15H8Cl2F4O2/c1-7-4-8(18)2-3-12(7)23-13-6-10(15(19,20)21)11(16)5-9(13)14(17)22/h2-6H,1H3. The fourth-order valence-electron chi connectivity index (χ4n) is 1.85. The molecule has 2 rings (SSSR count). The summed E-state index contributed by atoms with van der Waals surface area (Å²) in [5.74, 6) is -0.868. The van der Waals surface area contributed by atoms with Gasteiger partial charge in [-0.1, -0.05) is 11.6 Å². The van der Waals surface area contributed by atoms with E-state index in [0.29, 0.717) is 11.6 Å². The van der Waals surface area contributed by atoms with Gasteiger partial charge in [-0.15, -0.1) is 0 Å². The zero-order valence-corrected chi connectivity index (χ0v) is 13.0. The van der Waals surface area contributed by atoms with Gasteiger partial charge in [0.2, 0.25) is 0 Å². The van der Waals surface area contributed by atoms with Crippen LogP contribution < -0.4 is 4.74 Å². The number of halogens is 6. The first-order valence-corrected chi connectivity index (χ1v) is 6.89. The smallest absolute Gasteiger partial charge is 0.417 e. The summed E-state index contributed by atoms with van der Waals surface area (Å²) in [5, 5.41) is -1.71. The third kappa shape index (κ3) is 3.95. The van der Waals surface area contributed by atoms with Crippen LogP contribution in [0.2, 0.25) is 5.02 Å². The molecule has 0 radical (unpaired) electrons. The van der Waals surface area contributed by atoms with Gasteiger partial charge in [0.1, 0.15) is 17.3 Å². The third-order valence-corrected chi connectivity index (χ3v) is 3.46. The molecule has 2 aromatic carbocycles. The van der Waals surface area contributed by atoms with Gasteiger partial charge in [0.05, 0.1) is 16.1 Å². The van der Waals surface area contributed by atoms with Crippen LogP contribution in [0, 0.1) is 12.7 Å². The maximum absolute atomic E-state index is 13.1. The van der Waals surface area contributed by atoms with Crippen molar-refractivity contribution in [1.29, 1.82) is 0 Å². The summed E-state index contributed by atoms with van der Waals surface area (Å²) in [4.78, 5) is 11.4. The van der Waals surface area contributed by atoms with E-state index in [4.69, 9.17) is 27.9 Å². The Kier molecular flexibility index (Phi) is 4.87. The predicted molar refractivity (Wildman–Crippen MR) is 77.8 cm³/mol. The van der Waals surface area contributed by atoms with Gasteiger partial charge < -0.3 is 4.74 Å². The number of rotatable bonds is 3. The normalized spacial score (nSPS) is 11.4. The van der Waals surface area contributed by atoms with Gasteiger partial charge in [-0.25, -0.2) is 4.39 Å². The molecule has 8 heteroatoms. The first-order chi connectivity index (χ1) is 10.6. The number of aryl methyl sites for hydroxylation is 1. The van der Waals surface area contributed by atoms with Crippen LogP contribution in [0.1, 0.15) is 21.5 Å². The molecule has 0 aliphatic heterocycles. The van der Waals surface area contributed by atoms with Crippen molar-refractivity contribution in [3.05, 3.63) is 57.9 Å². The van der Waals surface area contributed by atoms with Crippen molar-refractivity contribution in [2.24, 2.45) is 0 Å². The van der Waals surface area contributed by atoms with Crippen molar-refractivity contribution >= 4 is 28.4 Å². The van der Waals surface area contributed by atoms with Crippen molar-refractivity contribution in [3.8, 4) is 11.5 Å². The fourth-order valence-corrected chi connectivity index (χ4v) is 2.27. The molecule has 122 valence electrons. The maximum Gasteiger partial charge on any atom is 0.417 e. The molecule has 0 atom stereocenters. The van der Waals surface area contributed by atoms with Crippen LogP contribution in [0.4, 0.5) is 17.6 Å². The van der Waals surface area contributed by atoms with E-state index < -0.39 is 33.6 Å². The molecular formula is C15H8Cl2F4O2. The van der Waals surface area contributed by atoms with E-state index in [2.05, 4.69) is 0 Å². The molecular weight excluding hydrogens is 359 g/mol. The van der Waals surface area contributed by atoms with E-state index >= 15 is 0 Å². The lowest BCUT2D eigenvalue weighted by atomic mass is 10.1. The molecule has 2 nitrogen and oxygen atoms in total. The van der Waals surface area contributed by atoms with Crippen molar-refractivity contribution in [3.63, 3.8) is 0 Å². The zero-order chi connectivity index (χ0) is 17.4. The van der Waals surface area contributed by atoms with Crippen molar-refractivity contribution in [1.82, 2.24) is 0 Å². The number of carbonyl (C=O) groups excluding carboxylic acids is 1. The van der Waals surface area contributed by atoms with Gasteiger partial charge in [-0.3, -0.25) is 4.79 Å². The second-order valence-electron chi connectivity index (χ2n) is 4.61. The van der Waals surface area contributed by atoms with Gasteiger partial charge in [-0.05, 0) is 54.4 Å². The lowest BCUT2D eigenvalue weighted by Crippen LogP contribution is -2.08. The molecule has 0 aliphatic carbocycles. The molecule has 0 saturated heterocycles. The Hall–Kier alpha value is -1.79. The SMILES string of the molecule is Cc1cc(F)ccc1Oc1cc(C(F)(F)F)c(Cl)cc1C(=O)Cl. The Morgan fingerprint density at radius 2 is 1.78 bits per heavy atom. The highest BCUT2D eigenvalue weighted by Gasteiger charge is 2.35. The van der Waals surface area contributed by atoms with E-state index in [1.807, 2.05) is 0 Å². The molecule has 0 unspecified atom stereocenters. The van der Waals surface area contributed by atoms with E-state index in [0.717, 1.165) is 18.2 Å². The predicted octanol–water partition coefficient (Wildman–Crippen LogP) is 5.98. The Morgan fingerprint density at radius 1 is 1.13 bits per heavy atom. The summed E-state index contributed by atoms with van der Waals surface area (Å²) in [7, 11) is 0. The monoisotopic (exact) mass is 366 g/mol. The highest BCUT2D eigenvalue weighted by atomic mass is 35.5. The second kappa shape index (κ2) is 6.37. The van der Waals surface area contributed by atoms with Crippen LogP contribution in [-0.2, 0) is 6.18 Å². The molecule has 0 saturated carbocycles. The molecule has 23 heavy (non-hydrogen) atoms. The van der Waals surface area contributed by atoms with Crippen LogP contribution in [0.15, 0.2) is 30.3 Å². The average Bonchev–Trinajstić information content (AvgIpc) is 2.41. The second-order valence-corrected chi connectivity index (χ2v) is 5.36. The van der Waals surface area contributed by atoms with Crippen LogP contribution in [0.25, 0.3) is 0 Å². The highest BCUT2D eigenvalue weighted by Crippen LogP contribution is 2.40. The Labute approximate surface area is 138 Å². The molecule has 0 heterocycles. The zero-order valence-electron chi connectivity index (χ0n) is 11.5. The van der Waals surface area contributed by atoms with E-state index in [1.165, 1.54) is 13.0 Å². The number of ether oxygens (including phenoxy) is 1. The summed E-state index contributed by atoms with van der Waals surface area (Å²) in [5.41, 5.74) is -1.16. The molecule has 0 N–H and O–H groups in total. The van der Waals surface area contributed by atoms with Crippen molar-refractivity contribution in [2.75, 3.05) is 0 Å². The largest absolute Gasteiger partial charge is 0.456 e. The lowest BCUT2D eigenvalue weighted by Gasteiger charge is -2.15. The number of benzene rings is 2. The van der Waals surface area contributed by atoms with Gasteiger partial charge >= 0.3 is 6.18 Å². The van der Waals surface area contributed by atoms with Crippen LogP contribution in [0.5, 0.6) is 11.5 Å². The summed E-state index contributed by atoms with van der Waals surface area (Å²) in [6.45, 7) is 1.50. The summed E-state index contributed by atoms with van der Waals surface area (Å²) in [6.07, 6.45) is -4.74. The van der Waals surface area contributed by atoms with Crippen LogP contribution in [-0.4, -0.2) is 5.24 Å². The summed E-state index contributed by atoms with van der Waals surface area (Å²) >= 11 is 10.9. The van der Waals surface area contributed by atoms with Gasteiger partial charge in [0.25, 0.3) is 5.24 Å². The summed E-state index contributed by atoms with van der Waals surface area (Å²) in [6, 6.07) is 4.81. The number of carbonyl (C=O) groups is 1. The van der Waals surface area contributed by atoms with E-state index in [-0.39, 0.29) is 11.3 Å². The van der Waals surface area contributed by atoms with Gasteiger partial charge in [0.15, 0.2) is 0 Å². The minimum Gasteiger partial charge on any atom is -0.456 e. The highest BCUT2D eigenvalue weighted by molar-refractivity contribution is 6.68. The number of hydrogen-bond donors (Lipinski definition) is 0. The molecule has 0 fully saturated rings. The minimum absolute atomic E-state index is 0.0843. The lowest BCUT2D eigenvalue weighted by molar-refractivity contribution is -0.137. The minimum atomic E-state index is -4.74. The Morgan fingerprint density at radius 3 is 2.30 bits per heavy atom. The molecule has 2 aromatic rings. The van der Waals surface area contributed by atoms with Crippen LogP contribution >= 0.6 is 23.2 Å². The molecule has 0 bridgehead atoms. The van der Waals surface area contributed by atoms with Crippen molar-refractivity contribution in [2.45, 2.75) is 13.1 Å². The summed E-state index contributed by atoms with van der Waals surface area (Å²) < 4.78 is 57.2. The van der Waals surface area contributed by atoms with Crippen LogP contribution in [0.3, 0.4) is 0 Å². The quantitative estimate of drug-likeness (QED) is 0.493. The fraction of sp³-hybridized carbons (Fsp3) is 0.133. The van der Waals surface area contributed by atoms with Crippen molar-refractivity contribution < 1.29 is 27.1 Å². The molecule has 0 amide bonds. The number of hydrogen-bond acceptors (Lipinski definition) is 2. The molecule has 0 spiro atoms. The van der Waals surface area contributed by atoms with Gasteiger partial charge in [0, 0.05) is 0 Å². The Bertz CT molecular complexity index is 773. The first kappa shape index (κ1) is 17.6. The maximum atomic E-state index is 13.1. The number of alkyl halides is 3. The topological polar surface area (TPSA) is 26.3 Å². The molecule has 0 aromatic heterocycles. The van der Waals surface area contributed by atoms with E-state index in [1.54, 1.807) is 0 Å². The van der Waals surface area contributed by atoms with E-state index in [9.17, 15) is 22.4 Å². The third-order valence-electron chi connectivity index (χ3n) is 2.94. The first-order valence-electron chi connectivity index (χ1n) is 6.14.